The molecule has 4 aromatic rings. The summed E-state index contributed by atoms with van der Waals surface area (Å²) in [7, 11) is 3.93. The fourth-order valence-electron chi connectivity index (χ4n) is 3.48. The molecule has 2 atom stereocenters. The minimum Gasteiger partial charge on any atom is -0.315 e. The number of thiazole rings is 1. The molecule has 0 amide bonds. The van der Waals surface area contributed by atoms with Crippen LogP contribution in [0.1, 0.15) is 39.7 Å². The first kappa shape index (κ1) is 15.6. The van der Waals surface area contributed by atoms with Crippen LogP contribution in [0.15, 0.2) is 18.5 Å². The lowest BCUT2D eigenvalue weighted by molar-refractivity contribution is 0.745. The largest absolute Gasteiger partial charge is 0.315 e. The number of hydrogen-bond acceptors (Lipinski definition) is 6. The maximum Gasteiger partial charge on any atom is 0.197 e. The van der Waals surface area contributed by atoms with Crippen molar-refractivity contribution in [1.29, 1.82) is 0 Å². The lowest BCUT2D eigenvalue weighted by Crippen LogP contribution is -1.98. The van der Waals surface area contributed by atoms with E-state index in [0.29, 0.717) is 17.5 Å². The first-order chi connectivity index (χ1) is 12.5. The zero-order valence-corrected chi connectivity index (χ0v) is 15.9. The summed E-state index contributed by atoms with van der Waals surface area (Å²) < 4.78 is 3.87. The Morgan fingerprint density at radius 1 is 1.08 bits per heavy atom. The van der Waals surface area contributed by atoms with Crippen molar-refractivity contribution < 1.29 is 0 Å². The third-order valence-electron chi connectivity index (χ3n) is 5.14. The number of aryl methyl sites for hydroxylation is 4. The molecule has 0 radical (unpaired) electrons. The second kappa shape index (κ2) is 5.44. The van der Waals surface area contributed by atoms with E-state index >= 15 is 0 Å². The summed E-state index contributed by atoms with van der Waals surface area (Å²) in [4.78, 5) is 19.4. The molecule has 1 aliphatic carbocycles. The zero-order valence-electron chi connectivity index (χ0n) is 15.1. The Bertz CT molecular complexity index is 1140. The van der Waals surface area contributed by atoms with E-state index in [1.165, 1.54) is 4.88 Å². The van der Waals surface area contributed by atoms with Gasteiger partial charge in [-0.2, -0.15) is 5.10 Å². The summed E-state index contributed by atoms with van der Waals surface area (Å²) >= 11 is 1.79. The molecule has 0 aliphatic heterocycles. The Morgan fingerprint density at radius 2 is 1.92 bits per heavy atom. The summed E-state index contributed by atoms with van der Waals surface area (Å²) in [5.41, 5.74) is 4.42. The van der Waals surface area contributed by atoms with Gasteiger partial charge in [0.25, 0.3) is 0 Å². The van der Waals surface area contributed by atoms with E-state index in [-0.39, 0.29) is 0 Å². The van der Waals surface area contributed by atoms with Gasteiger partial charge in [0, 0.05) is 37.0 Å². The van der Waals surface area contributed by atoms with Gasteiger partial charge >= 0.3 is 0 Å². The van der Waals surface area contributed by atoms with Crippen molar-refractivity contribution >= 4 is 22.6 Å². The SMILES string of the molecule is Cc1ncc(C2CC2c2cc(-c3cnc4nc(C)n(C)c4n3)n(C)n2)s1. The van der Waals surface area contributed by atoms with Gasteiger partial charge in [0.1, 0.15) is 11.5 Å². The van der Waals surface area contributed by atoms with Crippen molar-refractivity contribution in [2.24, 2.45) is 14.1 Å². The van der Waals surface area contributed by atoms with E-state index in [1.54, 1.807) is 17.5 Å². The number of rotatable bonds is 3. The van der Waals surface area contributed by atoms with Crippen LogP contribution in [-0.4, -0.2) is 34.3 Å². The van der Waals surface area contributed by atoms with Crippen molar-refractivity contribution in [2.45, 2.75) is 32.1 Å². The Kier molecular flexibility index (Phi) is 3.27. The third-order valence-corrected chi connectivity index (χ3v) is 6.19. The van der Waals surface area contributed by atoms with Crippen LogP contribution in [0.2, 0.25) is 0 Å². The van der Waals surface area contributed by atoms with Crippen molar-refractivity contribution in [2.75, 3.05) is 0 Å². The van der Waals surface area contributed by atoms with Gasteiger partial charge in [-0.05, 0) is 26.3 Å². The maximum absolute atomic E-state index is 4.77. The van der Waals surface area contributed by atoms with Gasteiger partial charge in [0.2, 0.25) is 0 Å². The first-order valence-corrected chi connectivity index (χ1v) is 9.45. The zero-order chi connectivity index (χ0) is 18.0. The molecule has 0 aromatic carbocycles. The first-order valence-electron chi connectivity index (χ1n) is 8.64. The molecule has 2 unspecified atom stereocenters. The van der Waals surface area contributed by atoms with Crippen molar-refractivity contribution in [1.82, 2.24) is 34.3 Å². The predicted molar refractivity (Wildman–Crippen MR) is 100 cm³/mol. The average molecular weight is 365 g/mol. The van der Waals surface area contributed by atoms with Crippen molar-refractivity contribution in [3.8, 4) is 11.4 Å². The van der Waals surface area contributed by atoms with E-state index in [2.05, 4.69) is 27.9 Å². The fourth-order valence-corrected chi connectivity index (χ4v) is 4.44. The van der Waals surface area contributed by atoms with Crippen LogP contribution in [-0.2, 0) is 14.1 Å². The molecule has 1 fully saturated rings. The Morgan fingerprint density at radius 3 is 2.69 bits per heavy atom. The highest BCUT2D eigenvalue weighted by atomic mass is 32.1. The Balaban J connectivity index is 1.49. The predicted octanol–water partition coefficient (Wildman–Crippen LogP) is 3.11. The highest BCUT2D eigenvalue weighted by molar-refractivity contribution is 7.11. The normalized spacial score (nSPS) is 19.4. The molecule has 7 nitrogen and oxygen atoms in total. The van der Waals surface area contributed by atoms with E-state index in [1.807, 2.05) is 36.5 Å². The average Bonchev–Trinajstić information content (AvgIpc) is 3.01. The summed E-state index contributed by atoms with van der Waals surface area (Å²) in [5, 5.41) is 5.88. The lowest BCUT2D eigenvalue weighted by Gasteiger charge is -2.01. The molecule has 0 N–H and O–H groups in total. The molecule has 132 valence electrons. The van der Waals surface area contributed by atoms with E-state index in [4.69, 9.17) is 10.1 Å². The smallest absolute Gasteiger partial charge is 0.197 e. The fraction of sp³-hybridized carbons (Fsp3) is 0.389. The highest BCUT2D eigenvalue weighted by Crippen LogP contribution is 2.55. The molecule has 5 rings (SSSR count). The monoisotopic (exact) mass is 365 g/mol. The lowest BCUT2D eigenvalue weighted by atomic mass is 10.2. The topological polar surface area (TPSA) is 74.3 Å². The van der Waals surface area contributed by atoms with Gasteiger partial charge in [-0.15, -0.1) is 11.3 Å². The van der Waals surface area contributed by atoms with Gasteiger partial charge in [-0.1, -0.05) is 0 Å². The quantitative estimate of drug-likeness (QED) is 0.558. The molecular weight excluding hydrogens is 346 g/mol. The van der Waals surface area contributed by atoms with Crippen LogP contribution in [0.5, 0.6) is 0 Å². The van der Waals surface area contributed by atoms with Crippen LogP contribution in [0.4, 0.5) is 0 Å². The molecule has 0 spiro atoms. The van der Waals surface area contributed by atoms with Gasteiger partial charge in [-0.25, -0.2) is 19.9 Å². The molecule has 8 heteroatoms. The molecule has 26 heavy (non-hydrogen) atoms. The molecule has 1 saturated carbocycles. The standard InChI is InChI=1S/C18H19N7S/c1-9-21-17-18(24(9)3)22-14(7-20-17)15-6-13(23-25(15)4)11-5-12(11)16-8-19-10(2)26-16/h6-8,11-12H,5H2,1-4H3. The number of aromatic nitrogens is 7. The summed E-state index contributed by atoms with van der Waals surface area (Å²) in [5.74, 6) is 1.94. The van der Waals surface area contributed by atoms with Crippen LogP contribution in [0.25, 0.3) is 22.7 Å². The second-order valence-electron chi connectivity index (χ2n) is 6.93. The van der Waals surface area contributed by atoms with E-state index < -0.39 is 0 Å². The molecular formula is C18H19N7S. The minimum atomic E-state index is 0.477. The van der Waals surface area contributed by atoms with Crippen molar-refractivity contribution in [3.63, 3.8) is 0 Å². The molecule has 0 saturated heterocycles. The van der Waals surface area contributed by atoms with E-state index in [0.717, 1.165) is 40.0 Å². The van der Waals surface area contributed by atoms with Gasteiger partial charge < -0.3 is 4.57 Å². The Labute approximate surface area is 154 Å². The molecule has 0 bridgehead atoms. The van der Waals surface area contributed by atoms with Crippen LogP contribution >= 0.6 is 11.3 Å². The number of imidazole rings is 1. The van der Waals surface area contributed by atoms with Crippen molar-refractivity contribution in [3.05, 3.63) is 39.9 Å². The summed E-state index contributed by atoms with van der Waals surface area (Å²) in [6.07, 6.45) is 4.94. The number of fused-ring (bicyclic) bond motifs is 1. The van der Waals surface area contributed by atoms with Crippen LogP contribution in [0, 0.1) is 13.8 Å². The molecule has 4 heterocycles. The van der Waals surface area contributed by atoms with E-state index in [9.17, 15) is 0 Å². The Hall–Kier alpha value is -2.61. The third kappa shape index (κ3) is 2.36. The van der Waals surface area contributed by atoms with Gasteiger partial charge in [-0.3, -0.25) is 4.68 Å². The number of nitrogens with zero attached hydrogens (tertiary/aromatic N) is 7. The van der Waals surface area contributed by atoms with Gasteiger partial charge in [0.05, 0.1) is 22.6 Å². The molecule has 4 aromatic heterocycles. The maximum atomic E-state index is 4.77. The minimum absolute atomic E-state index is 0.477. The summed E-state index contributed by atoms with van der Waals surface area (Å²) in [6.45, 7) is 4.01. The second-order valence-corrected chi connectivity index (χ2v) is 8.20. The highest BCUT2D eigenvalue weighted by Gasteiger charge is 2.42. The van der Waals surface area contributed by atoms with Crippen LogP contribution < -0.4 is 0 Å². The molecule has 1 aliphatic rings. The van der Waals surface area contributed by atoms with Gasteiger partial charge in [0.15, 0.2) is 11.3 Å². The summed E-state index contributed by atoms with van der Waals surface area (Å²) in [6, 6.07) is 2.15. The number of hydrogen-bond donors (Lipinski definition) is 0. The van der Waals surface area contributed by atoms with Crippen LogP contribution in [0.3, 0.4) is 0 Å².